The molecule has 2 aromatic heterocycles. The molecule has 0 aliphatic carbocycles. The van der Waals surface area contributed by atoms with Crippen molar-refractivity contribution in [1.29, 1.82) is 0 Å². The number of ether oxygens (including phenoxy) is 1. The molecule has 1 aromatic carbocycles. The molecule has 0 fully saturated rings. The number of nitrogens with zero attached hydrogens (tertiary/aromatic N) is 3. The molecule has 0 spiro atoms. The summed E-state index contributed by atoms with van der Waals surface area (Å²) in [5, 5.41) is 2.00. The van der Waals surface area contributed by atoms with Crippen LogP contribution in [0.1, 0.15) is 28.2 Å². The van der Waals surface area contributed by atoms with Crippen molar-refractivity contribution in [2.45, 2.75) is 38.6 Å². The highest BCUT2D eigenvalue weighted by atomic mass is 32.2. The van der Waals surface area contributed by atoms with Crippen molar-refractivity contribution in [1.82, 2.24) is 9.97 Å². The van der Waals surface area contributed by atoms with Gasteiger partial charge in [0, 0.05) is 22.5 Å². The van der Waals surface area contributed by atoms with Crippen LogP contribution in [0.5, 0.6) is 5.75 Å². The van der Waals surface area contributed by atoms with Crippen LogP contribution in [0, 0.1) is 20.8 Å². The maximum absolute atomic E-state index is 13.0. The van der Waals surface area contributed by atoms with Crippen LogP contribution in [0.3, 0.4) is 0 Å². The molecule has 5 nitrogen and oxygen atoms in total. The van der Waals surface area contributed by atoms with Gasteiger partial charge in [0.15, 0.2) is 0 Å². The first-order valence-electron chi connectivity index (χ1n) is 9.32. The van der Waals surface area contributed by atoms with Crippen molar-refractivity contribution in [3.8, 4) is 5.75 Å². The summed E-state index contributed by atoms with van der Waals surface area (Å²) in [4.78, 5) is 26.4. The number of thiophene rings is 1. The van der Waals surface area contributed by atoms with Gasteiger partial charge in [-0.15, -0.1) is 11.3 Å². The van der Waals surface area contributed by atoms with Gasteiger partial charge in [-0.25, -0.2) is 9.97 Å². The Kier molecular flexibility index (Phi) is 5.29. The van der Waals surface area contributed by atoms with E-state index < -0.39 is 0 Å². The van der Waals surface area contributed by atoms with E-state index >= 15 is 0 Å². The summed E-state index contributed by atoms with van der Waals surface area (Å²) >= 11 is 3.21. The normalized spacial score (nSPS) is 13.6. The van der Waals surface area contributed by atoms with Gasteiger partial charge in [0.25, 0.3) is 0 Å². The van der Waals surface area contributed by atoms with Gasteiger partial charge in [0.1, 0.15) is 21.4 Å². The van der Waals surface area contributed by atoms with E-state index in [9.17, 15) is 4.79 Å². The maximum Gasteiger partial charge on any atom is 0.237 e. The highest BCUT2D eigenvalue weighted by molar-refractivity contribution is 8.00. The monoisotopic (exact) mass is 413 g/mol. The van der Waals surface area contributed by atoms with Crippen LogP contribution < -0.4 is 9.64 Å². The van der Waals surface area contributed by atoms with Crippen LogP contribution in [0.4, 0.5) is 5.69 Å². The number of hydrogen-bond acceptors (Lipinski definition) is 6. The Bertz CT molecular complexity index is 1060. The molecular weight excluding hydrogens is 390 g/mol. The number of methoxy groups -OCH3 is 1. The smallest absolute Gasteiger partial charge is 0.237 e. The number of fused-ring (bicyclic) bond motifs is 2. The molecule has 0 atom stereocenters. The van der Waals surface area contributed by atoms with Gasteiger partial charge < -0.3 is 9.64 Å². The number of carbonyl (C=O) groups is 1. The molecule has 1 aliphatic rings. The van der Waals surface area contributed by atoms with Crippen LogP contribution in [-0.2, 0) is 11.2 Å². The number of thioether (sulfide) groups is 1. The molecule has 0 unspecified atom stereocenters. The minimum atomic E-state index is 0.116. The Balaban J connectivity index is 1.57. The lowest BCUT2D eigenvalue weighted by molar-refractivity contribution is -0.116. The van der Waals surface area contributed by atoms with Gasteiger partial charge in [0.2, 0.25) is 5.91 Å². The Hall–Kier alpha value is -2.12. The Morgan fingerprint density at radius 1 is 1.29 bits per heavy atom. The predicted octanol–water partition coefficient (Wildman–Crippen LogP) is 4.70. The summed E-state index contributed by atoms with van der Waals surface area (Å²) in [7, 11) is 1.67. The zero-order chi connectivity index (χ0) is 19.8. The summed E-state index contributed by atoms with van der Waals surface area (Å²) in [5.41, 5.74) is 3.39. The number of amides is 1. The molecule has 0 bridgehead atoms. The second kappa shape index (κ2) is 7.72. The number of anilines is 1. The van der Waals surface area contributed by atoms with Gasteiger partial charge in [-0.1, -0.05) is 11.8 Å². The molecule has 3 aromatic rings. The molecule has 146 valence electrons. The largest absolute Gasteiger partial charge is 0.497 e. The van der Waals surface area contributed by atoms with Gasteiger partial charge in [-0.05, 0) is 62.9 Å². The van der Waals surface area contributed by atoms with Crippen molar-refractivity contribution < 1.29 is 9.53 Å². The predicted molar refractivity (Wildman–Crippen MR) is 116 cm³/mol. The number of benzene rings is 1. The molecule has 0 N–H and O–H groups in total. The van der Waals surface area contributed by atoms with Crippen molar-refractivity contribution >= 4 is 44.9 Å². The molecule has 7 heteroatoms. The van der Waals surface area contributed by atoms with E-state index in [0.29, 0.717) is 5.75 Å². The van der Waals surface area contributed by atoms with Crippen molar-refractivity contribution in [2.24, 2.45) is 0 Å². The van der Waals surface area contributed by atoms with Crippen LogP contribution in [0.2, 0.25) is 0 Å². The van der Waals surface area contributed by atoms with Crippen LogP contribution >= 0.6 is 23.1 Å². The topological polar surface area (TPSA) is 55.3 Å². The number of hydrogen-bond donors (Lipinski definition) is 0. The Morgan fingerprint density at radius 3 is 2.89 bits per heavy atom. The third-order valence-electron chi connectivity index (χ3n) is 5.15. The van der Waals surface area contributed by atoms with E-state index in [1.165, 1.54) is 27.8 Å². The zero-order valence-electron chi connectivity index (χ0n) is 16.5. The molecule has 28 heavy (non-hydrogen) atoms. The molecule has 0 saturated carbocycles. The van der Waals surface area contributed by atoms with Crippen LogP contribution in [-0.4, -0.2) is 35.3 Å². The fourth-order valence-corrected chi connectivity index (χ4v) is 5.73. The quantitative estimate of drug-likeness (QED) is 0.458. The first-order chi connectivity index (χ1) is 13.5. The first-order valence-corrected chi connectivity index (χ1v) is 11.1. The Morgan fingerprint density at radius 2 is 2.11 bits per heavy atom. The lowest BCUT2D eigenvalue weighted by Gasteiger charge is -2.29. The molecule has 0 radical (unpaired) electrons. The fourth-order valence-electron chi connectivity index (χ4n) is 3.59. The second-order valence-electron chi connectivity index (χ2n) is 6.97. The highest BCUT2D eigenvalue weighted by Gasteiger charge is 2.24. The van der Waals surface area contributed by atoms with Gasteiger partial charge in [-0.3, -0.25) is 4.79 Å². The molecule has 1 aliphatic heterocycles. The van der Waals surface area contributed by atoms with E-state index in [2.05, 4.69) is 23.8 Å². The minimum absolute atomic E-state index is 0.116. The van der Waals surface area contributed by atoms with Crippen LogP contribution in [0.15, 0.2) is 23.2 Å². The third-order valence-corrected chi connectivity index (χ3v) is 7.21. The average Bonchev–Trinajstić information content (AvgIpc) is 2.98. The first kappa shape index (κ1) is 19.2. The standard InChI is InChI=1S/C21H23N3O2S2/c1-12-13(2)28-21-19(12)20(22-14(3)23-21)27-11-18(25)24-9-5-6-15-10-16(26-4)7-8-17(15)24/h7-8,10H,5-6,9,11H2,1-4H3. The Labute approximate surface area is 173 Å². The van der Waals surface area contributed by atoms with Crippen molar-refractivity contribution in [3.63, 3.8) is 0 Å². The zero-order valence-corrected chi connectivity index (χ0v) is 18.2. The van der Waals surface area contributed by atoms with Crippen molar-refractivity contribution in [2.75, 3.05) is 24.3 Å². The minimum Gasteiger partial charge on any atom is -0.497 e. The molecular formula is C21H23N3O2S2. The van der Waals surface area contributed by atoms with Gasteiger partial charge >= 0.3 is 0 Å². The third kappa shape index (κ3) is 3.49. The second-order valence-corrected chi connectivity index (χ2v) is 9.14. The SMILES string of the molecule is COc1ccc2c(c1)CCCN2C(=O)CSc1nc(C)nc2sc(C)c(C)c12. The highest BCUT2D eigenvalue weighted by Crippen LogP contribution is 2.36. The van der Waals surface area contributed by atoms with E-state index in [-0.39, 0.29) is 5.91 Å². The van der Waals surface area contributed by atoms with Crippen LogP contribution in [0.25, 0.3) is 10.2 Å². The number of aromatic nitrogens is 2. The van der Waals surface area contributed by atoms with Crippen molar-refractivity contribution in [3.05, 3.63) is 40.0 Å². The maximum atomic E-state index is 13.0. The fraction of sp³-hybridized carbons (Fsp3) is 0.381. The average molecular weight is 414 g/mol. The lowest BCUT2D eigenvalue weighted by atomic mass is 10.0. The molecule has 0 saturated heterocycles. The van der Waals surface area contributed by atoms with Gasteiger partial charge in [-0.2, -0.15) is 0 Å². The lowest BCUT2D eigenvalue weighted by Crippen LogP contribution is -2.36. The summed E-state index contributed by atoms with van der Waals surface area (Å²) in [6, 6.07) is 5.96. The van der Waals surface area contributed by atoms with E-state index in [0.717, 1.165) is 51.9 Å². The number of aryl methyl sites for hydroxylation is 4. The molecule has 3 heterocycles. The van der Waals surface area contributed by atoms with E-state index in [1.807, 2.05) is 30.0 Å². The van der Waals surface area contributed by atoms with E-state index in [4.69, 9.17) is 4.74 Å². The summed E-state index contributed by atoms with van der Waals surface area (Å²) in [5.74, 6) is 2.07. The number of carbonyl (C=O) groups excluding carboxylic acids is 1. The van der Waals surface area contributed by atoms with E-state index in [1.54, 1.807) is 18.4 Å². The summed E-state index contributed by atoms with van der Waals surface area (Å²) < 4.78 is 5.33. The summed E-state index contributed by atoms with van der Waals surface area (Å²) in [6.45, 7) is 6.88. The molecule has 1 amide bonds. The number of rotatable bonds is 4. The van der Waals surface area contributed by atoms with Gasteiger partial charge in [0.05, 0.1) is 12.9 Å². The summed E-state index contributed by atoms with van der Waals surface area (Å²) in [6.07, 6.45) is 1.94. The molecule has 4 rings (SSSR count).